The number of benzene rings is 1. The first-order chi connectivity index (χ1) is 7.09. The molecule has 0 N–H and O–H groups in total. The zero-order valence-corrected chi connectivity index (χ0v) is 11.1. The summed E-state index contributed by atoms with van der Waals surface area (Å²) in [4.78, 5) is 14.1. The Bertz CT molecular complexity index is 376. The Morgan fingerprint density at radius 3 is 2.67 bits per heavy atom. The van der Waals surface area contributed by atoms with E-state index in [1.807, 2.05) is 30.0 Å². The van der Waals surface area contributed by atoms with Gasteiger partial charge in [-0.3, -0.25) is 4.79 Å². The summed E-state index contributed by atoms with van der Waals surface area (Å²) < 4.78 is 1.05. The highest BCUT2D eigenvalue weighted by Gasteiger charge is 2.29. The topological polar surface area (TPSA) is 20.3 Å². The number of likely N-dealkylation sites (tertiary alicyclic amines) is 1. The molecule has 2 rings (SSSR count). The summed E-state index contributed by atoms with van der Waals surface area (Å²) in [5.41, 5.74) is 1.96. The van der Waals surface area contributed by atoms with E-state index in [0.29, 0.717) is 5.92 Å². The van der Waals surface area contributed by atoms with Crippen LogP contribution in [-0.2, 0) is 0 Å². The highest BCUT2D eigenvalue weighted by Crippen LogP contribution is 2.23. The lowest BCUT2D eigenvalue weighted by molar-refractivity contribution is 0.0528. The van der Waals surface area contributed by atoms with E-state index in [9.17, 15) is 4.79 Å². The first kappa shape index (κ1) is 10.9. The fourth-order valence-corrected chi connectivity index (χ4v) is 2.79. The molecule has 80 valence electrons. The van der Waals surface area contributed by atoms with Crippen molar-refractivity contribution in [2.24, 2.45) is 5.92 Å². The molecule has 2 nitrogen and oxygen atoms in total. The molecule has 0 unspecified atom stereocenters. The average Bonchev–Trinajstić information content (AvgIpc) is 2.12. The van der Waals surface area contributed by atoms with E-state index in [1.54, 1.807) is 0 Å². The maximum Gasteiger partial charge on any atom is 0.255 e. The fourth-order valence-electron chi connectivity index (χ4n) is 1.93. The van der Waals surface area contributed by atoms with Crippen LogP contribution in [0, 0.1) is 16.4 Å². The van der Waals surface area contributed by atoms with E-state index in [0.717, 1.165) is 27.8 Å². The molecule has 1 aliphatic heterocycles. The predicted molar refractivity (Wildman–Crippen MR) is 69.0 cm³/mol. The van der Waals surface area contributed by atoms with Gasteiger partial charge in [0.1, 0.15) is 0 Å². The van der Waals surface area contributed by atoms with Gasteiger partial charge in [-0.05, 0) is 47.1 Å². The smallest absolute Gasteiger partial charge is 0.255 e. The number of carbonyl (C=O) groups excluding carboxylic acids is 1. The lowest BCUT2D eigenvalue weighted by Crippen LogP contribution is -2.49. The van der Waals surface area contributed by atoms with Crippen LogP contribution < -0.4 is 0 Å². The molecule has 0 saturated carbocycles. The summed E-state index contributed by atoms with van der Waals surface area (Å²) in [7, 11) is 0. The lowest BCUT2D eigenvalue weighted by atomic mass is 10.00. The molecule has 3 heteroatoms. The minimum atomic E-state index is 0.190. The number of rotatable bonds is 1. The largest absolute Gasteiger partial charge is 0.338 e. The molecule has 1 aliphatic rings. The molecule has 0 atom stereocenters. The van der Waals surface area contributed by atoms with Crippen molar-refractivity contribution < 1.29 is 4.79 Å². The van der Waals surface area contributed by atoms with Crippen molar-refractivity contribution in [3.8, 4) is 0 Å². The van der Waals surface area contributed by atoms with Gasteiger partial charge in [0, 0.05) is 16.7 Å². The summed E-state index contributed by atoms with van der Waals surface area (Å²) >= 11 is 2.23. The zero-order chi connectivity index (χ0) is 11.0. The second-order valence-electron chi connectivity index (χ2n) is 4.25. The van der Waals surface area contributed by atoms with E-state index >= 15 is 0 Å². The van der Waals surface area contributed by atoms with E-state index in [1.165, 1.54) is 0 Å². The summed E-state index contributed by atoms with van der Waals surface area (Å²) in [5, 5.41) is 0. The Labute approximate surface area is 104 Å². The Balaban J connectivity index is 2.26. The van der Waals surface area contributed by atoms with Crippen molar-refractivity contribution in [1.29, 1.82) is 0 Å². The molecule has 0 radical (unpaired) electrons. The Kier molecular flexibility index (Phi) is 3.00. The zero-order valence-electron chi connectivity index (χ0n) is 8.96. The van der Waals surface area contributed by atoms with Crippen LogP contribution in [0.2, 0.25) is 0 Å². The highest BCUT2D eigenvalue weighted by atomic mass is 127. The van der Waals surface area contributed by atoms with Crippen LogP contribution in [0.15, 0.2) is 18.2 Å². The minimum Gasteiger partial charge on any atom is -0.338 e. The maximum absolute atomic E-state index is 12.1. The van der Waals surface area contributed by atoms with Gasteiger partial charge < -0.3 is 4.90 Å². The summed E-state index contributed by atoms with van der Waals surface area (Å²) in [6.07, 6.45) is 0. The average molecular weight is 315 g/mol. The molecular weight excluding hydrogens is 301 g/mol. The maximum atomic E-state index is 12.1. The van der Waals surface area contributed by atoms with Crippen LogP contribution in [0.1, 0.15) is 22.8 Å². The quantitative estimate of drug-likeness (QED) is 0.730. The molecule has 1 heterocycles. The van der Waals surface area contributed by atoms with Crippen LogP contribution in [-0.4, -0.2) is 23.9 Å². The molecule has 1 aromatic carbocycles. The number of amides is 1. The normalized spacial score (nSPS) is 16.3. The first-order valence-corrected chi connectivity index (χ1v) is 6.22. The van der Waals surface area contributed by atoms with E-state index in [4.69, 9.17) is 0 Å². The first-order valence-electron chi connectivity index (χ1n) is 5.14. The van der Waals surface area contributed by atoms with Gasteiger partial charge in [-0.2, -0.15) is 0 Å². The molecule has 0 spiro atoms. The highest BCUT2D eigenvalue weighted by molar-refractivity contribution is 14.1. The van der Waals surface area contributed by atoms with Gasteiger partial charge in [0.15, 0.2) is 0 Å². The number of carbonyl (C=O) groups is 1. The van der Waals surface area contributed by atoms with Crippen molar-refractivity contribution in [3.63, 3.8) is 0 Å². The lowest BCUT2D eigenvalue weighted by Gasteiger charge is -2.37. The fraction of sp³-hybridized carbons (Fsp3) is 0.417. The number of hydrogen-bond donors (Lipinski definition) is 0. The van der Waals surface area contributed by atoms with E-state index in [-0.39, 0.29) is 5.91 Å². The standard InChI is InChI=1S/C12H14INO/c1-8-6-14(7-8)12(15)11-9(2)4-3-5-10(11)13/h3-5,8H,6-7H2,1-2H3. The second kappa shape index (κ2) is 4.12. The molecule has 1 aromatic rings. The number of halogens is 1. The van der Waals surface area contributed by atoms with Gasteiger partial charge in [-0.25, -0.2) is 0 Å². The molecule has 1 amide bonds. The predicted octanol–water partition coefficient (Wildman–Crippen LogP) is 2.69. The van der Waals surface area contributed by atoms with Crippen molar-refractivity contribution in [3.05, 3.63) is 32.9 Å². The molecule has 0 aliphatic carbocycles. The Morgan fingerprint density at radius 1 is 1.47 bits per heavy atom. The number of aryl methyl sites for hydroxylation is 1. The van der Waals surface area contributed by atoms with Crippen molar-refractivity contribution in [2.45, 2.75) is 13.8 Å². The van der Waals surface area contributed by atoms with Crippen molar-refractivity contribution >= 4 is 28.5 Å². The van der Waals surface area contributed by atoms with Gasteiger partial charge in [0.2, 0.25) is 0 Å². The van der Waals surface area contributed by atoms with Gasteiger partial charge >= 0.3 is 0 Å². The van der Waals surface area contributed by atoms with Crippen LogP contribution in [0.5, 0.6) is 0 Å². The van der Waals surface area contributed by atoms with Crippen LogP contribution in [0.25, 0.3) is 0 Å². The van der Waals surface area contributed by atoms with Crippen LogP contribution >= 0.6 is 22.6 Å². The molecule has 0 aromatic heterocycles. The SMILES string of the molecule is Cc1cccc(I)c1C(=O)N1CC(C)C1. The Morgan fingerprint density at radius 2 is 2.13 bits per heavy atom. The molecule has 1 saturated heterocycles. The van der Waals surface area contributed by atoms with E-state index in [2.05, 4.69) is 29.5 Å². The number of nitrogens with zero attached hydrogens (tertiary/aromatic N) is 1. The third kappa shape index (κ3) is 2.02. The third-order valence-corrected chi connectivity index (χ3v) is 3.69. The van der Waals surface area contributed by atoms with Gasteiger partial charge in [-0.15, -0.1) is 0 Å². The van der Waals surface area contributed by atoms with Crippen molar-refractivity contribution in [2.75, 3.05) is 13.1 Å². The van der Waals surface area contributed by atoms with Crippen LogP contribution in [0.3, 0.4) is 0 Å². The molecule has 0 bridgehead atoms. The summed E-state index contributed by atoms with van der Waals surface area (Å²) in [6.45, 7) is 5.98. The van der Waals surface area contributed by atoms with Gasteiger partial charge in [-0.1, -0.05) is 19.1 Å². The molecule has 1 fully saturated rings. The monoisotopic (exact) mass is 315 g/mol. The minimum absolute atomic E-state index is 0.190. The summed E-state index contributed by atoms with van der Waals surface area (Å²) in [5.74, 6) is 0.853. The van der Waals surface area contributed by atoms with Crippen LogP contribution in [0.4, 0.5) is 0 Å². The van der Waals surface area contributed by atoms with Gasteiger partial charge in [0.05, 0.1) is 5.56 Å². The third-order valence-electron chi connectivity index (χ3n) is 2.79. The molecular formula is C12H14INO. The van der Waals surface area contributed by atoms with Crippen molar-refractivity contribution in [1.82, 2.24) is 4.90 Å². The molecule has 15 heavy (non-hydrogen) atoms. The Hall–Kier alpha value is -0.580. The second-order valence-corrected chi connectivity index (χ2v) is 5.41. The summed E-state index contributed by atoms with van der Waals surface area (Å²) in [6, 6.07) is 5.98. The van der Waals surface area contributed by atoms with E-state index < -0.39 is 0 Å². The van der Waals surface area contributed by atoms with Gasteiger partial charge in [0.25, 0.3) is 5.91 Å². The number of hydrogen-bond acceptors (Lipinski definition) is 1.